The van der Waals surface area contributed by atoms with Crippen LogP contribution in [0, 0.1) is 0 Å². The number of carbonyl (C=O) groups excluding carboxylic acids is 1. The molecular formula is C18H21N7O3S. The van der Waals surface area contributed by atoms with Gasteiger partial charge in [-0.15, -0.1) is 5.10 Å². The Balaban J connectivity index is 1.50. The van der Waals surface area contributed by atoms with E-state index >= 15 is 0 Å². The van der Waals surface area contributed by atoms with E-state index in [1.54, 1.807) is 7.05 Å². The zero-order chi connectivity index (χ0) is 20.6. The number of benzene rings is 1. The molecule has 0 saturated carbocycles. The first-order chi connectivity index (χ1) is 14.1. The third-order valence-corrected chi connectivity index (χ3v) is 4.94. The van der Waals surface area contributed by atoms with Crippen molar-refractivity contribution in [2.45, 2.75) is 18.6 Å². The minimum atomic E-state index is -0.183. The molecule has 1 amide bonds. The largest absolute Gasteiger partial charge is 0.494 e. The maximum atomic E-state index is 12.3. The molecule has 0 atom stereocenters. The number of hydrogen-bond donors (Lipinski definition) is 1. The smallest absolute Gasteiger partial charge is 0.253 e. The van der Waals surface area contributed by atoms with Crippen LogP contribution in [-0.4, -0.2) is 54.6 Å². The summed E-state index contributed by atoms with van der Waals surface area (Å²) >= 11 is 1.24. The Morgan fingerprint density at radius 2 is 2.07 bits per heavy atom. The molecule has 10 nitrogen and oxygen atoms in total. The van der Waals surface area contributed by atoms with Crippen LogP contribution in [0.1, 0.15) is 6.92 Å². The zero-order valence-electron chi connectivity index (χ0n) is 16.1. The summed E-state index contributed by atoms with van der Waals surface area (Å²) in [5.41, 5.74) is 1.24. The molecule has 3 rings (SSSR count). The van der Waals surface area contributed by atoms with Gasteiger partial charge < -0.3 is 10.1 Å². The minimum Gasteiger partial charge on any atom is -0.494 e. The first-order valence-corrected chi connectivity index (χ1v) is 9.97. The Morgan fingerprint density at radius 1 is 1.28 bits per heavy atom. The highest BCUT2D eigenvalue weighted by molar-refractivity contribution is 7.99. The quantitative estimate of drug-likeness (QED) is 0.509. The molecule has 2 aromatic heterocycles. The Kier molecular flexibility index (Phi) is 6.95. The molecule has 1 aromatic carbocycles. The highest BCUT2D eigenvalue weighted by Gasteiger charge is 2.08. The first kappa shape index (κ1) is 20.5. The van der Waals surface area contributed by atoms with Crippen LogP contribution in [0.5, 0.6) is 5.75 Å². The van der Waals surface area contributed by atoms with E-state index in [0.717, 1.165) is 11.3 Å². The second-order valence-electron chi connectivity index (χ2n) is 5.99. The summed E-state index contributed by atoms with van der Waals surface area (Å²) < 4.78 is 8.37. The fraction of sp³-hybridized carbons (Fsp3) is 0.333. The van der Waals surface area contributed by atoms with Gasteiger partial charge in [0.2, 0.25) is 11.1 Å². The molecule has 0 spiro atoms. The summed E-state index contributed by atoms with van der Waals surface area (Å²) in [5.74, 6) is 0.803. The average molecular weight is 415 g/mol. The van der Waals surface area contributed by atoms with E-state index in [9.17, 15) is 9.59 Å². The Labute approximate surface area is 171 Å². The first-order valence-electron chi connectivity index (χ1n) is 8.98. The van der Waals surface area contributed by atoms with Crippen molar-refractivity contribution >= 4 is 17.7 Å². The number of amides is 1. The number of nitrogens with one attached hydrogen (secondary N) is 1. The summed E-state index contributed by atoms with van der Waals surface area (Å²) in [6.07, 6.45) is 1.49. The second-order valence-corrected chi connectivity index (χ2v) is 6.93. The molecule has 0 aliphatic rings. The molecule has 0 unspecified atom stereocenters. The average Bonchev–Trinajstić information content (AvgIpc) is 3.13. The Morgan fingerprint density at radius 3 is 2.72 bits per heavy atom. The SMILES string of the molecule is CCOc1ccc(-c2cc(=O)n(CCNC(=O)CSc3nnnn3C)cn2)cc1. The fourth-order valence-electron chi connectivity index (χ4n) is 2.48. The lowest BCUT2D eigenvalue weighted by Crippen LogP contribution is -2.31. The van der Waals surface area contributed by atoms with Gasteiger partial charge in [0.05, 0.1) is 24.4 Å². The second kappa shape index (κ2) is 9.82. The van der Waals surface area contributed by atoms with Gasteiger partial charge in [0.1, 0.15) is 5.75 Å². The fourth-order valence-corrected chi connectivity index (χ4v) is 3.16. The van der Waals surface area contributed by atoms with Crippen LogP contribution in [0.3, 0.4) is 0 Å². The molecule has 2 heterocycles. The third-order valence-electron chi connectivity index (χ3n) is 3.93. The summed E-state index contributed by atoms with van der Waals surface area (Å²) in [5, 5.41) is 14.3. The van der Waals surface area contributed by atoms with Gasteiger partial charge >= 0.3 is 0 Å². The number of aryl methyl sites for hydroxylation is 1. The molecule has 0 saturated heterocycles. The summed E-state index contributed by atoms with van der Waals surface area (Å²) in [4.78, 5) is 28.6. The summed E-state index contributed by atoms with van der Waals surface area (Å²) in [7, 11) is 1.71. The van der Waals surface area contributed by atoms with Gasteiger partial charge in [-0.2, -0.15) is 0 Å². The van der Waals surface area contributed by atoms with Crippen LogP contribution in [-0.2, 0) is 18.4 Å². The molecule has 1 N–H and O–H groups in total. The van der Waals surface area contributed by atoms with Crippen molar-refractivity contribution in [3.63, 3.8) is 0 Å². The molecule has 0 bridgehead atoms. The van der Waals surface area contributed by atoms with E-state index < -0.39 is 0 Å². The number of rotatable bonds is 9. The number of ether oxygens (including phenoxy) is 1. The number of aromatic nitrogens is 6. The van der Waals surface area contributed by atoms with E-state index in [1.807, 2.05) is 31.2 Å². The van der Waals surface area contributed by atoms with Gasteiger partial charge in [-0.05, 0) is 41.6 Å². The van der Waals surface area contributed by atoms with Gasteiger partial charge in [0.25, 0.3) is 5.56 Å². The lowest BCUT2D eigenvalue weighted by atomic mass is 10.1. The number of nitrogens with zero attached hydrogens (tertiary/aromatic N) is 6. The van der Waals surface area contributed by atoms with Gasteiger partial charge in [0, 0.05) is 31.8 Å². The predicted molar refractivity (Wildman–Crippen MR) is 108 cm³/mol. The minimum absolute atomic E-state index is 0.162. The molecule has 11 heteroatoms. The molecule has 0 aliphatic heterocycles. The van der Waals surface area contributed by atoms with Gasteiger partial charge in [-0.25, -0.2) is 9.67 Å². The van der Waals surface area contributed by atoms with Crippen LogP contribution in [0.4, 0.5) is 0 Å². The van der Waals surface area contributed by atoms with Crippen LogP contribution >= 0.6 is 11.8 Å². The van der Waals surface area contributed by atoms with E-state index in [4.69, 9.17) is 4.74 Å². The zero-order valence-corrected chi connectivity index (χ0v) is 16.9. The highest BCUT2D eigenvalue weighted by atomic mass is 32.2. The van der Waals surface area contributed by atoms with Crippen molar-refractivity contribution in [1.29, 1.82) is 0 Å². The van der Waals surface area contributed by atoms with Crippen molar-refractivity contribution in [1.82, 2.24) is 35.1 Å². The maximum Gasteiger partial charge on any atom is 0.253 e. The van der Waals surface area contributed by atoms with Gasteiger partial charge in [-0.3, -0.25) is 14.2 Å². The van der Waals surface area contributed by atoms with E-state index in [-0.39, 0.29) is 17.2 Å². The van der Waals surface area contributed by atoms with Crippen molar-refractivity contribution < 1.29 is 9.53 Å². The molecule has 0 fully saturated rings. The van der Waals surface area contributed by atoms with Crippen molar-refractivity contribution in [3.8, 4) is 17.0 Å². The summed E-state index contributed by atoms with van der Waals surface area (Å²) in [6.45, 7) is 3.17. The number of carbonyl (C=O) groups is 1. The lowest BCUT2D eigenvalue weighted by Gasteiger charge is -2.08. The molecule has 3 aromatic rings. The van der Waals surface area contributed by atoms with Gasteiger partial charge in [-0.1, -0.05) is 11.8 Å². The van der Waals surface area contributed by atoms with Crippen molar-refractivity contribution in [2.75, 3.05) is 18.9 Å². The normalized spacial score (nSPS) is 10.7. The molecular weight excluding hydrogens is 394 g/mol. The van der Waals surface area contributed by atoms with Crippen LogP contribution < -0.4 is 15.6 Å². The van der Waals surface area contributed by atoms with E-state index in [1.165, 1.54) is 33.4 Å². The molecule has 29 heavy (non-hydrogen) atoms. The van der Waals surface area contributed by atoms with Crippen LogP contribution in [0.25, 0.3) is 11.3 Å². The molecule has 152 valence electrons. The van der Waals surface area contributed by atoms with E-state index in [0.29, 0.717) is 30.5 Å². The van der Waals surface area contributed by atoms with Crippen molar-refractivity contribution in [3.05, 3.63) is 47.0 Å². The lowest BCUT2D eigenvalue weighted by molar-refractivity contribution is -0.118. The highest BCUT2D eigenvalue weighted by Crippen LogP contribution is 2.19. The monoisotopic (exact) mass is 415 g/mol. The number of thioether (sulfide) groups is 1. The molecule has 0 aliphatic carbocycles. The van der Waals surface area contributed by atoms with Crippen molar-refractivity contribution in [2.24, 2.45) is 7.05 Å². The maximum absolute atomic E-state index is 12.3. The third kappa shape index (κ3) is 5.64. The Hall–Kier alpha value is -3.21. The number of hydrogen-bond acceptors (Lipinski definition) is 8. The van der Waals surface area contributed by atoms with Crippen LogP contribution in [0.15, 0.2) is 46.6 Å². The van der Waals surface area contributed by atoms with Crippen LogP contribution in [0.2, 0.25) is 0 Å². The number of tetrazole rings is 1. The summed E-state index contributed by atoms with van der Waals surface area (Å²) in [6, 6.07) is 8.89. The molecule has 0 radical (unpaired) electrons. The standard InChI is InChI=1S/C18H21N7O3S/c1-3-28-14-6-4-13(5-7-14)15-10-17(27)25(12-20-15)9-8-19-16(26)11-29-18-21-22-23-24(18)2/h4-7,10,12H,3,8-9,11H2,1-2H3,(H,19,26). The Bertz CT molecular complexity index is 1020. The predicted octanol–water partition coefficient (Wildman–Crippen LogP) is 0.741. The topological polar surface area (TPSA) is 117 Å². The van der Waals surface area contributed by atoms with Gasteiger partial charge in [0.15, 0.2) is 0 Å². The van der Waals surface area contributed by atoms with E-state index in [2.05, 4.69) is 25.8 Å².